The van der Waals surface area contributed by atoms with Gasteiger partial charge in [-0.2, -0.15) is 0 Å². The molecular weight excluding hydrogens is 282 g/mol. The van der Waals surface area contributed by atoms with E-state index in [9.17, 15) is 0 Å². The molecule has 3 aromatic rings. The molecule has 6 heteroatoms. The van der Waals surface area contributed by atoms with E-state index in [0.717, 1.165) is 21.5 Å². The number of nitrogen functional groups attached to an aromatic ring is 1. The Kier molecular flexibility index (Phi) is 2.29. The topological polar surface area (TPSA) is 69.1 Å². The highest BCUT2D eigenvalue weighted by Gasteiger charge is 2.08. The number of anilines is 1. The average Bonchev–Trinajstić information content (AvgIpc) is 2.76. The Labute approximate surface area is 105 Å². The number of aromatic nitrogens is 4. The van der Waals surface area contributed by atoms with E-state index in [4.69, 9.17) is 5.73 Å². The lowest BCUT2D eigenvalue weighted by molar-refractivity contribution is 1.08. The molecule has 0 saturated heterocycles. The molecule has 0 fully saturated rings. The zero-order valence-corrected chi connectivity index (χ0v) is 10.3. The van der Waals surface area contributed by atoms with Gasteiger partial charge in [0.15, 0.2) is 11.5 Å². The van der Waals surface area contributed by atoms with Crippen molar-refractivity contribution in [2.24, 2.45) is 0 Å². The van der Waals surface area contributed by atoms with Gasteiger partial charge in [-0.15, -0.1) is 10.2 Å². The highest BCUT2D eigenvalue weighted by molar-refractivity contribution is 9.10. The second-order valence-corrected chi connectivity index (χ2v) is 4.42. The minimum atomic E-state index is 0.670. The fourth-order valence-corrected chi connectivity index (χ4v) is 1.87. The van der Waals surface area contributed by atoms with Crippen molar-refractivity contribution >= 4 is 27.3 Å². The Bertz CT molecular complexity index is 691. The molecule has 0 aliphatic rings. The van der Waals surface area contributed by atoms with E-state index >= 15 is 0 Å². The molecule has 0 aliphatic heterocycles. The molecule has 3 rings (SSSR count). The van der Waals surface area contributed by atoms with Gasteiger partial charge in [-0.25, -0.2) is 4.98 Å². The van der Waals surface area contributed by atoms with Crippen molar-refractivity contribution < 1.29 is 0 Å². The molecule has 17 heavy (non-hydrogen) atoms. The third-order valence-corrected chi connectivity index (χ3v) is 3.19. The molecule has 0 spiro atoms. The number of nitrogens with two attached hydrogens (primary N) is 1. The predicted octanol–water partition coefficient (Wildman–Crippen LogP) is 2.14. The van der Waals surface area contributed by atoms with Crippen LogP contribution in [0.5, 0.6) is 0 Å². The van der Waals surface area contributed by atoms with Gasteiger partial charge in [0.25, 0.3) is 0 Å². The van der Waals surface area contributed by atoms with Crippen LogP contribution in [0, 0.1) is 0 Å². The largest absolute Gasteiger partial charge is 0.398 e. The first-order valence-electron chi connectivity index (χ1n) is 4.96. The molecule has 0 unspecified atom stereocenters. The van der Waals surface area contributed by atoms with E-state index in [1.165, 1.54) is 0 Å². The van der Waals surface area contributed by atoms with Crippen molar-refractivity contribution in [1.82, 2.24) is 19.6 Å². The van der Waals surface area contributed by atoms with Crippen LogP contribution in [0.1, 0.15) is 0 Å². The molecule has 0 amide bonds. The number of rotatable bonds is 1. The number of fused-ring (bicyclic) bond motifs is 1. The van der Waals surface area contributed by atoms with Crippen LogP contribution in [0.4, 0.5) is 5.69 Å². The lowest BCUT2D eigenvalue weighted by atomic mass is 10.2. The fourth-order valence-electron chi connectivity index (χ4n) is 1.63. The van der Waals surface area contributed by atoms with Crippen molar-refractivity contribution in [3.63, 3.8) is 0 Å². The van der Waals surface area contributed by atoms with Gasteiger partial charge < -0.3 is 5.73 Å². The summed E-state index contributed by atoms with van der Waals surface area (Å²) in [5, 5.41) is 8.21. The van der Waals surface area contributed by atoms with E-state index in [1.807, 2.05) is 22.6 Å². The quantitative estimate of drug-likeness (QED) is 0.697. The van der Waals surface area contributed by atoms with Crippen LogP contribution in [-0.4, -0.2) is 19.6 Å². The summed E-state index contributed by atoms with van der Waals surface area (Å²) in [7, 11) is 0. The summed E-state index contributed by atoms with van der Waals surface area (Å²) in [6, 6.07) is 7.48. The van der Waals surface area contributed by atoms with Crippen LogP contribution < -0.4 is 5.73 Å². The average molecular weight is 290 g/mol. The van der Waals surface area contributed by atoms with E-state index in [-0.39, 0.29) is 0 Å². The van der Waals surface area contributed by atoms with Crippen molar-refractivity contribution in [3.05, 3.63) is 41.3 Å². The minimum absolute atomic E-state index is 0.670. The van der Waals surface area contributed by atoms with Gasteiger partial charge in [-0.05, 0) is 34.1 Å². The van der Waals surface area contributed by atoms with Crippen molar-refractivity contribution in [3.8, 4) is 11.4 Å². The number of hydrogen-bond donors (Lipinski definition) is 1. The van der Waals surface area contributed by atoms with Gasteiger partial charge in [-0.3, -0.25) is 4.40 Å². The van der Waals surface area contributed by atoms with Crippen molar-refractivity contribution in [2.45, 2.75) is 0 Å². The van der Waals surface area contributed by atoms with E-state index < -0.39 is 0 Å². The lowest BCUT2D eigenvalue weighted by Crippen LogP contribution is -1.92. The third-order valence-electron chi connectivity index (χ3n) is 2.47. The lowest BCUT2D eigenvalue weighted by Gasteiger charge is -2.02. The molecular formula is C11H8BrN5. The Morgan fingerprint density at radius 3 is 2.88 bits per heavy atom. The second-order valence-electron chi connectivity index (χ2n) is 3.57. The van der Waals surface area contributed by atoms with Gasteiger partial charge in [0.2, 0.25) is 0 Å². The fraction of sp³-hybridized carbons (Fsp3) is 0. The summed E-state index contributed by atoms with van der Waals surface area (Å²) in [4.78, 5) is 4.05. The van der Waals surface area contributed by atoms with Gasteiger partial charge in [0, 0.05) is 28.0 Å². The Morgan fingerprint density at radius 1 is 1.18 bits per heavy atom. The van der Waals surface area contributed by atoms with Crippen LogP contribution in [-0.2, 0) is 0 Å². The minimum Gasteiger partial charge on any atom is -0.398 e. The molecule has 0 atom stereocenters. The standard InChI is InChI=1S/C11H8BrN5/c12-8-2-1-7(5-9(8)13)11-16-15-10-3-4-14-6-17(10)11/h1-6H,13H2. The van der Waals surface area contributed by atoms with Crippen LogP contribution in [0.25, 0.3) is 17.0 Å². The normalized spacial score (nSPS) is 10.9. The molecule has 0 saturated carbocycles. The first-order chi connectivity index (χ1) is 8.25. The second kappa shape index (κ2) is 3.81. The molecule has 0 bridgehead atoms. The van der Waals surface area contributed by atoms with Crippen LogP contribution >= 0.6 is 15.9 Å². The molecule has 2 heterocycles. The first-order valence-corrected chi connectivity index (χ1v) is 5.75. The van der Waals surface area contributed by atoms with Crippen LogP contribution in [0.3, 0.4) is 0 Å². The molecule has 1 aromatic carbocycles. The summed E-state index contributed by atoms with van der Waals surface area (Å²) < 4.78 is 2.69. The number of benzene rings is 1. The Balaban J connectivity index is 2.24. The monoisotopic (exact) mass is 289 g/mol. The zero-order chi connectivity index (χ0) is 11.8. The molecule has 2 N–H and O–H groups in total. The van der Waals surface area contributed by atoms with E-state index in [0.29, 0.717) is 5.69 Å². The summed E-state index contributed by atoms with van der Waals surface area (Å²) in [6.45, 7) is 0. The smallest absolute Gasteiger partial charge is 0.169 e. The molecule has 2 aromatic heterocycles. The summed E-state index contributed by atoms with van der Waals surface area (Å²) >= 11 is 3.36. The molecule has 5 nitrogen and oxygen atoms in total. The Morgan fingerprint density at radius 2 is 2.06 bits per heavy atom. The van der Waals surface area contributed by atoms with Crippen LogP contribution in [0.2, 0.25) is 0 Å². The van der Waals surface area contributed by atoms with Crippen LogP contribution in [0.15, 0.2) is 41.3 Å². The predicted molar refractivity (Wildman–Crippen MR) is 68.3 cm³/mol. The number of hydrogen-bond acceptors (Lipinski definition) is 4. The summed E-state index contributed by atoms with van der Waals surface area (Å²) in [6.07, 6.45) is 3.37. The Hall–Kier alpha value is -1.95. The maximum Gasteiger partial charge on any atom is 0.169 e. The zero-order valence-electron chi connectivity index (χ0n) is 8.71. The first kappa shape index (κ1) is 10.2. The van der Waals surface area contributed by atoms with E-state index in [2.05, 4.69) is 31.1 Å². The maximum atomic E-state index is 5.85. The molecule has 0 radical (unpaired) electrons. The summed E-state index contributed by atoms with van der Waals surface area (Å²) in [5.74, 6) is 0.729. The number of nitrogens with zero attached hydrogens (tertiary/aromatic N) is 4. The summed E-state index contributed by atoms with van der Waals surface area (Å²) in [5.41, 5.74) is 8.19. The van der Waals surface area contributed by atoms with Gasteiger partial charge in [0.05, 0.1) is 0 Å². The molecule has 84 valence electrons. The maximum absolute atomic E-state index is 5.85. The van der Waals surface area contributed by atoms with Gasteiger partial charge in [0.1, 0.15) is 6.33 Å². The van der Waals surface area contributed by atoms with Gasteiger partial charge >= 0.3 is 0 Å². The molecule has 0 aliphatic carbocycles. The highest BCUT2D eigenvalue weighted by Crippen LogP contribution is 2.26. The van der Waals surface area contributed by atoms with Crippen molar-refractivity contribution in [2.75, 3.05) is 5.73 Å². The number of halogens is 1. The third kappa shape index (κ3) is 1.66. The van der Waals surface area contributed by atoms with E-state index in [1.54, 1.807) is 18.6 Å². The SMILES string of the molecule is Nc1cc(-c2nnc3ccncn23)ccc1Br. The van der Waals surface area contributed by atoms with Crippen molar-refractivity contribution in [1.29, 1.82) is 0 Å². The highest BCUT2D eigenvalue weighted by atomic mass is 79.9. The van der Waals surface area contributed by atoms with Gasteiger partial charge in [-0.1, -0.05) is 0 Å².